The van der Waals surface area contributed by atoms with E-state index in [9.17, 15) is 9.18 Å². The number of rotatable bonds is 1. The lowest BCUT2D eigenvalue weighted by molar-refractivity contribution is 0.0504. The van der Waals surface area contributed by atoms with Crippen molar-refractivity contribution in [3.63, 3.8) is 0 Å². The van der Waals surface area contributed by atoms with Gasteiger partial charge >= 0.3 is 5.97 Å². The largest absolute Gasteiger partial charge is 0.462 e. The Bertz CT molecular complexity index is 692. The van der Waals surface area contributed by atoms with Gasteiger partial charge < -0.3 is 4.74 Å². The van der Waals surface area contributed by atoms with Crippen molar-refractivity contribution in [2.24, 2.45) is 4.99 Å². The van der Waals surface area contributed by atoms with Crippen LogP contribution in [0.3, 0.4) is 0 Å². The van der Waals surface area contributed by atoms with Gasteiger partial charge in [-0.05, 0) is 30.3 Å². The van der Waals surface area contributed by atoms with Gasteiger partial charge in [0.15, 0.2) is 0 Å². The van der Waals surface area contributed by atoms with E-state index in [1.807, 2.05) is 12.1 Å². The van der Waals surface area contributed by atoms with E-state index in [0.29, 0.717) is 30.8 Å². The second-order valence-corrected chi connectivity index (χ2v) is 4.77. The number of ether oxygens (including phenoxy) is 1. The topological polar surface area (TPSA) is 38.7 Å². The molecule has 0 saturated heterocycles. The summed E-state index contributed by atoms with van der Waals surface area (Å²) in [5.41, 5.74) is 2.70. The molecule has 3 nitrogen and oxygen atoms in total. The monoisotopic (exact) mass is 283 g/mol. The van der Waals surface area contributed by atoms with Gasteiger partial charge in [-0.2, -0.15) is 0 Å². The SMILES string of the molecule is O=C1OCCCN=C(c2ccc(F)cc2)c2ccccc21. The van der Waals surface area contributed by atoms with Gasteiger partial charge in [-0.3, -0.25) is 4.99 Å². The van der Waals surface area contributed by atoms with Crippen molar-refractivity contribution in [1.82, 2.24) is 0 Å². The number of esters is 1. The van der Waals surface area contributed by atoms with Crippen LogP contribution in [0.2, 0.25) is 0 Å². The van der Waals surface area contributed by atoms with Crippen LogP contribution in [0.1, 0.15) is 27.9 Å². The highest BCUT2D eigenvalue weighted by Gasteiger charge is 2.18. The van der Waals surface area contributed by atoms with Gasteiger partial charge in [0.2, 0.25) is 0 Å². The van der Waals surface area contributed by atoms with E-state index in [1.54, 1.807) is 24.3 Å². The van der Waals surface area contributed by atoms with Crippen molar-refractivity contribution in [3.8, 4) is 0 Å². The van der Waals surface area contributed by atoms with E-state index >= 15 is 0 Å². The normalized spacial score (nSPS) is 15.1. The third-order valence-corrected chi connectivity index (χ3v) is 3.33. The highest BCUT2D eigenvalue weighted by Crippen LogP contribution is 2.18. The van der Waals surface area contributed by atoms with Crippen LogP contribution in [0.15, 0.2) is 53.5 Å². The first-order valence-electron chi connectivity index (χ1n) is 6.82. The summed E-state index contributed by atoms with van der Waals surface area (Å²) < 4.78 is 18.3. The molecule has 1 aliphatic rings. The molecule has 0 bridgehead atoms. The van der Waals surface area contributed by atoms with Crippen LogP contribution in [0.25, 0.3) is 0 Å². The Morgan fingerprint density at radius 2 is 1.71 bits per heavy atom. The molecule has 0 saturated carbocycles. The number of nitrogens with zero attached hydrogens (tertiary/aromatic N) is 1. The molecule has 0 radical (unpaired) electrons. The molecule has 106 valence electrons. The number of hydrogen-bond acceptors (Lipinski definition) is 3. The van der Waals surface area contributed by atoms with Crippen LogP contribution in [0.4, 0.5) is 4.39 Å². The van der Waals surface area contributed by atoms with Crippen molar-refractivity contribution in [2.75, 3.05) is 13.2 Å². The third kappa shape index (κ3) is 2.84. The van der Waals surface area contributed by atoms with Crippen LogP contribution in [-0.4, -0.2) is 24.8 Å². The average molecular weight is 283 g/mol. The second-order valence-electron chi connectivity index (χ2n) is 4.77. The number of benzene rings is 2. The molecule has 0 fully saturated rings. The molecule has 3 rings (SSSR count). The summed E-state index contributed by atoms with van der Waals surface area (Å²) in [6.45, 7) is 0.918. The zero-order valence-electron chi connectivity index (χ0n) is 11.4. The van der Waals surface area contributed by atoms with E-state index in [1.165, 1.54) is 12.1 Å². The molecule has 0 aromatic heterocycles. The van der Waals surface area contributed by atoms with Crippen molar-refractivity contribution >= 4 is 11.7 Å². The number of carbonyl (C=O) groups is 1. The maximum absolute atomic E-state index is 13.1. The molecule has 0 atom stereocenters. The molecule has 2 aromatic carbocycles. The molecule has 0 unspecified atom stereocenters. The van der Waals surface area contributed by atoms with Crippen LogP contribution in [0.5, 0.6) is 0 Å². The van der Waals surface area contributed by atoms with Crippen LogP contribution in [0, 0.1) is 5.82 Å². The molecular weight excluding hydrogens is 269 g/mol. The first-order chi connectivity index (χ1) is 10.3. The third-order valence-electron chi connectivity index (χ3n) is 3.33. The summed E-state index contributed by atoms with van der Waals surface area (Å²) in [7, 11) is 0. The summed E-state index contributed by atoms with van der Waals surface area (Å²) in [5.74, 6) is -0.641. The lowest BCUT2D eigenvalue weighted by Gasteiger charge is -2.10. The Morgan fingerprint density at radius 1 is 1.00 bits per heavy atom. The fraction of sp³-hybridized carbons (Fsp3) is 0.176. The predicted octanol–water partition coefficient (Wildman–Crippen LogP) is 3.22. The van der Waals surface area contributed by atoms with Crippen LogP contribution in [-0.2, 0) is 4.74 Å². The molecule has 0 aliphatic carbocycles. The average Bonchev–Trinajstić information content (AvgIpc) is 2.59. The first kappa shape index (κ1) is 13.5. The van der Waals surface area contributed by atoms with Crippen molar-refractivity contribution in [3.05, 3.63) is 71.0 Å². The van der Waals surface area contributed by atoms with Gasteiger partial charge in [0.05, 0.1) is 17.9 Å². The van der Waals surface area contributed by atoms with E-state index < -0.39 is 0 Å². The predicted molar refractivity (Wildman–Crippen MR) is 78.2 cm³/mol. The molecular formula is C17H14FNO2. The maximum atomic E-state index is 13.1. The molecule has 2 aromatic rings. The highest BCUT2D eigenvalue weighted by atomic mass is 19.1. The Morgan fingerprint density at radius 3 is 2.48 bits per heavy atom. The second kappa shape index (κ2) is 5.87. The Labute approximate surface area is 122 Å². The Balaban J connectivity index is 2.14. The fourth-order valence-electron chi connectivity index (χ4n) is 2.31. The Kier molecular flexibility index (Phi) is 3.77. The summed E-state index contributed by atoms with van der Waals surface area (Å²) >= 11 is 0. The number of fused-ring (bicyclic) bond motifs is 1. The standard InChI is InChI=1S/C17H14FNO2/c18-13-8-6-12(7-9-13)16-14-4-1-2-5-15(14)17(20)21-11-3-10-19-16/h1-2,4-9H,3,10-11H2. The number of hydrogen-bond donors (Lipinski definition) is 0. The van der Waals surface area contributed by atoms with Gasteiger partial charge in [-0.15, -0.1) is 0 Å². The summed E-state index contributed by atoms with van der Waals surface area (Å²) in [6, 6.07) is 13.3. The summed E-state index contributed by atoms with van der Waals surface area (Å²) in [5, 5.41) is 0. The number of cyclic esters (lactones) is 1. The fourth-order valence-corrected chi connectivity index (χ4v) is 2.31. The van der Waals surface area contributed by atoms with Gasteiger partial charge in [-0.25, -0.2) is 9.18 Å². The van der Waals surface area contributed by atoms with E-state index in [4.69, 9.17) is 4.74 Å². The first-order valence-corrected chi connectivity index (χ1v) is 6.82. The minimum Gasteiger partial charge on any atom is -0.462 e. The van der Waals surface area contributed by atoms with E-state index in [2.05, 4.69) is 4.99 Å². The van der Waals surface area contributed by atoms with Gasteiger partial charge in [-0.1, -0.05) is 18.2 Å². The lowest BCUT2D eigenvalue weighted by Crippen LogP contribution is -2.12. The highest BCUT2D eigenvalue weighted by molar-refractivity contribution is 6.17. The van der Waals surface area contributed by atoms with E-state index in [0.717, 1.165) is 11.1 Å². The minimum absolute atomic E-state index is 0.296. The molecule has 0 spiro atoms. The molecule has 4 heteroatoms. The van der Waals surface area contributed by atoms with Crippen molar-refractivity contribution < 1.29 is 13.9 Å². The van der Waals surface area contributed by atoms with Gasteiger partial charge in [0, 0.05) is 24.1 Å². The van der Waals surface area contributed by atoms with Gasteiger partial charge in [0.1, 0.15) is 5.82 Å². The number of carbonyl (C=O) groups excluding carboxylic acids is 1. The van der Waals surface area contributed by atoms with Crippen LogP contribution < -0.4 is 0 Å². The van der Waals surface area contributed by atoms with Crippen molar-refractivity contribution in [2.45, 2.75) is 6.42 Å². The number of halogens is 1. The number of aliphatic imine (C=N–C) groups is 1. The maximum Gasteiger partial charge on any atom is 0.338 e. The van der Waals surface area contributed by atoms with E-state index in [-0.39, 0.29) is 11.8 Å². The van der Waals surface area contributed by atoms with Gasteiger partial charge in [0.25, 0.3) is 0 Å². The molecule has 1 aliphatic heterocycles. The summed E-state index contributed by atoms with van der Waals surface area (Å²) in [4.78, 5) is 16.7. The molecule has 0 amide bonds. The Hall–Kier alpha value is -2.49. The minimum atomic E-state index is -0.345. The summed E-state index contributed by atoms with van der Waals surface area (Å²) in [6.07, 6.45) is 0.671. The molecule has 21 heavy (non-hydrogen) atoms. The quantitative estimate of drug-likeness (QED) is 0.754. The molecule has 1 heterocycles. The lowest BCUT2D eigenvalue weighted by atomic mass is 9.97. The molecule has 0 N–H and O–H groups in total. The smallest absolute Gasteiger partial charge is 0.338 e. The zero-order chi connectivity index (χ0) is 14.7. The zero-order valence-corrected chi connectivity index (χ0v) is 11.4. The van der Waals surface area contributed by atoms with Crippen LogP contribution >= 0.6 is 0 Å². The van der Waals surface area contributed by atoms with Crippen molar-refractivity contribution in [1.29, 1.82) is 0 Å².